The molecule has 0 radical (unpaired) electrons. The number of alkyl halides is 3. The second-order valence-corrected chi connectivity index (χ2v) is 2.47. The van der Waals surface area contributed by atoms with Crippen LogP contribution in [0.1, 0.15) is 0 Å². The molecular formula is C3H4F4O3S. The average molecular weight is 196 g/mol. The van der Waals surface area contributed by atoms with Gasteiger partial charge in [0.05, 0.1) is 0 Å². The van der Waals surface area contributed by atoms with Gasteiger partial charge >= 0.3 is 6.11 Å². The Morgan fingerprint density at radius 1 is 1.55 bits per heavy atom. The van der Waals surface area contributed by atoms with Gasteiger partial charge in [-0.2, -0.15) is 8.78 Å². The molecule has 0 spiro atoms. The Labute approximate surface area is 61.8 Å². The zero-order chi connectivity index (χ0) is 9.07. The molecule has 11 heavy (non-hydrogen) atoms. The third kappa shape index (κ3) is 2.72. The molecule has 2 unspecified atom stereocenters. The number of halogens is 4. The van der Waals surface area contributed by atoms with Gasteiger partial charge in [0.25, 0.3) is 5.50 Å². The van der Waals surface area contributed by atoms with Crippen molar-refractivity contribution in [1.82, 2.24) is 0 Å². The molecule has 68 valence electrons. The van der Waals surface area contributed by atoms with Gasteiger partial charge < -0.3 is 4.74 Å². The van der Waals surface area contributed by atoms with Crippen molar-refractivity contribution in [2.45, 2.75) is 11.6 Å². The number of methoxy groups -OCH3 is 1. The first-order chi connectivity index (χ1) is 4.95. The summed E-state index contributed by atoms with van der Waals surface area (Å²) in [6.07, 6.45) is -4.31. The van der Waals surface area contributed by atoms with E-state index in [2.05, 4.69) is 9.12 Å². The van der Waals surface area contributed by atoms with Gasteiger partial charge in [0.15, 0.2) is 0 Å². The van der Waals surface area contributed by atoms with Crippen LogP contribution in [0.5, 0.6) is 0 Å². The van der Waals surface area contributed by atoms with Crippen LogP contribution in [0.15, 0.2) is 0 Å². The van der Waals surface area contributed by atoms with Crippen molar-refractivity contribution < 1.29 is 31.0 Å². The predicted octanol–water partition coefficient (Wildman–Crippen LogP) is 1.09. The van der Waals surface area contributed by atoms with Crippen molar-refractivity contribution in [3.63, 3.8) is 0 Å². The minimum Gasteiger partial charge on any atom is -0.321 e. The first-order valence-electron chi connectivity index (χ1n) is 2.22. The molecule has 0 heterocycles. The minimum atomic E-state index is -4.31. The van der Waals surface area contributed by atoms with Crippen LogP contribution in [-0.2, 0) is 20.2 Å². The summed E-state index contributed by atoms with van der Waals surface area (Å²) in [7, 11) is 0.488. The third-order valence-electron chi connectivity index (χ3n) is 0.767. The molecule has 2 atom stereocenters. The van der Waals surface area contributed by atoms with Crippen molar-refractivity contribution in [3.8, 4) is 0 Å². The number of hydrogen-bond acceptors (Lipinski definition) is 3. The molecule has 0 saturated heterocycles. The summed E-state index contributed by atoms with van der Waals surface area (Å²) >= 11 is -3.35. The van der Waals surface area contributed by atoms with E-state index in [1.165, 1.54) is 0 Å². The van der Waals surface area contributed by atoms with Gasteiger partial charge in [0, 0.05) is 7.11 Å². The fourth-order valence-corrected chi connectivity index (χ4v) is 0.621. The Morgan fingerprint density at radius 3 is 2.27 bits per heavy atom. The molecule has 3 nitrogen and oxygen atoms in total. The van der Waals surface area contributed by atoms with E-state index in [0.717, 1.165) is 0 Å². The van der Waals surface area contributed by atoms with Crippen molar-refractivity contribution in [2.24, 2.45) is 0 Å². The maximum absolute atomic E-state index is 12.0. The van der Waals surface area contributed by atoms with Crippen LogP contribution >= 0.6 is 0 Å². The topological polar surface area (TPSA) is 35.5 Å². The molecule has 0 amide bonds. The first kappa shape index (κ1) is 10.8. The van der Waals surface area contributed by atoms with Crippen LogP contribution in [0.25, 0.3) is 0 Å². The van der Waals surface area contributed by atoms with E-state index in [-0.39, 0.29) is 0 Å². The minimum absolute atomic E-state index is 0.488. The summed E-state index contributed by atoms with van der Waals surface area (Å²) in [5, 5.41) is 0. The number of hydrogen-bond donors (Lipinski definition) is 0. The first-order valence-corrected chi connectivity index (χ1v) is 3.36. The van der Waals surface area contributed by atoms with E-state index in [1.54, 1.807) is 0 Å². The second kappa shape index (κ2) is 3.98. The molecule has 8 heteroatoms. The monoisotopic (exact) mass is 196 g/mol. The maximum atomic E-state index is 12.0. The van der Waals surface area contributed by atoms with E-state index in [9.17, 15) is 21.9 Å². The zero-order valence-electron chi connectivity index (χ0n) is 5.22. The summed E-state index contributed by atoms with van der Waals surface area (Å²) in [5.41, 5.74) is -3.34. The van der Waals surface area contributed by atoms with Crippen molar-refractivity contribution in [1.29, 1.82) is 0 Å². The van der Waals surface area contributed by atoms with Gasteiger partial charge in [-0.3, -0.25) is 0 Å². The highest BCUT2D eigenvalue weighted by Crippen LogP contribution is 2.25. The van der Waals surface area contributed by atoms with E-state index >= 15 is 0 Å². The average Bonchev–Trinajstić information content (AvgIpc) is 2.01. The lowest BCUT2D eigenvalue weighted by Crippen LogP contribution is -2.35. The Balaban J connectivity index is 4.22. The fraction of sp³-hybridized carbons (Fsp3) is 1.00. The van der Waals surface area contributed by atoms with Crippen LogP contribution in [0.3, 0.4) is 0 Å². The lowest BCUT2D eigenvalue weighted by atomic mass is 10.7. The highest BCUT2D eigenvalue weighted by Gasteiger charge is 2.46. The summed E-state index contributed by atoms with van der Waals surface area (Å²) in [5.74, 6) is 0. The Bertz CT molecular complexity index is 152. The molecule has 0 N–H and O–H groups in total. The summed E-state index contributed by atoms with van der Waals surface area (Å²) < 4.78 is 62.3. The van der Waals surface area contributed by atoms with Crippen LogP contribution in [0, 0.1) is 0 Å². The Hall–Kier alpha value is -0.210. The molecule has 0 aromatic heterocycles. The number of rotatable bonds is 4. The van der Waals surface area contributed by atoms with Gasteiger partial charge in [0.2, 0.25) is 11.1 Å². The third-order valence-corrected chi connectivity index (χ3v) is 1.50. The molecule has 0 aliphatic heterocycles. The van der Waals surface area contributed by atoms with Gasteiger partial charge in [-0.1, -0.05) is 4.39 Å². The van der Waals surface area contributed by atoms with Crippen LogP contribution in [0.4, 0.5) is 17.7 Å². The van der Waals surface area contributed by atoms with Crippen LogP contribution in [0.2, 0.25) is 0 Å². The van der Waals surface area contributed by atoms with Crippen molar-refractivity contribution in [2.75, 3.05) is 7.11 Å². The molecule has 0 bridgehead atoms. The highest BCUT2D eigenvalue weighted by atomic mass is 32.2. The van der Waals surface area contributed by atoms with Gasteiger partial charge in [0.1, 0.15) is 0 Å². The van der Waals surface area contributed by atoms with Crippen LogP contribution < -0.4 is 0 Å². The molecule has 0 aliphatic rings. The molecular weight excluding hydrogens is 192 g/mol. The maximum Gasteiger partial charge on any atom is 0.401 e. The Morgan fingerprint density at radius 2 is 2.00 bits per heavy atom. The van der Waals surface area contributed by atoms with Gasteiger partial charge in [-0.25, -0.2) is 8.60 Å². The molecule has 0 aliphatic carbocycles. The molecule has 0 rings (SSSR count). The highest BCUT2D eigenvalue weighted by molar-refractivity contribution is 7.80. The SMILES string of the molecule is COC(F)(F)C(F)S(=O)OF. The second-order valence-electron chi connectivity index (χ2n) is 1.41. The number of ether oxygens (including phenoxy) is 1. The smallest absolute Gasteiger partial charge is 0.321 e. The van der Waals surface area contributed by atoms with Gasteiger partial charge in [-0.05, 0) is 4.53 Å². The molecule has 0 saturated carbocycles. The van der Waals surface area contributed by atoms with E-state index in [4.69, 9.17) is 0 Å². The molecule has 0 fully saturated rings. The quantitative estimate of drug-likeness (QED) is 0.631. The largest absolute Gasteiger partial charge is 0.401 e. The zero-order valence-corrected chi connectivity index (χ0v) is 6.04. The molecule has 0 aromatic rings. The van der Waals surface area contributed by atoms with E-state index in [1.807, 2.05) is 0 Å². The lowest BCUT2D eigenvalue weighted by molar-refractivity contribution is -0.242. The standard InChI is InChI=1S/C3H4F4O3S/c1-9-3(5,6)2(4)11(8)10-7/h2H,1H3. The Kier molecular flexibility index (Phi) is 3.90. The molecule has 0 aromatic carbocycles. The summed E-state index contributed by atoms with van der Waals surface area (Å²) in [6.45, 7) is 0. The summed E-state index contributed by atoms with van der Waals surface area (Å²) in [6, 6.07) is 0. The lowest BCUT2D eigenvalue weighted by Gasteiger charge is -2.14. The fourth-order valence-electron chi connectivity index (χ4n) is 0.237. The van der Waals surface area contributed by atoms with Crippen molar-refractivity contribution in [3.05, 3.63) is 0 Å². The van der Waals surface area contributed by atoms with E-state index in [0.29, 0.717) is 7.11 Å². The summed E-state index contributed by atoms with van der Waals surface area (Å²) in [4.78, 5) is 0. The van der Waals surface area contributed by atoms with Crippen molar-refractivity contribution >= 4 is 11.1 Å². The van der Waals surface area contributed by atoms with Gasteiger partial charge in [-0.15, -0.1) is 0 Å². The van der Waals surface area contributed by atoms with Crippen LogP contribution in [-0.4, -0.2) is 22.9 Å². The van der Waals surface area contributed by atoms with E-state index < -0.39 is 22.7 Å². The predicted molar refractivity (Wildman–Crippen MR) is 27.2 cm³/mol. The normalized spacial score (nSPS) is 17.9.